The van der Waals surface area contributed by atoms with Crippen molar-refractivity contribution in [1.82, 2.24) is 0 Å². The summed E-state index contributed by atoms with van der Waals surface area (Å²) in [4.78, 5) is 23.6. The SMILES string of the molecule is CCCCCCCCCCCC(=O)OC[C@@H](O)COC(=O)CCCCCCCCCCC(C)C. The second-order valence-electron chi connectivity index (χ2n) is 10.4. The highest BCUT2D eigenvalue weighted by Gasteiger charge is 2.12. The summed E-state index contributed by atoms with van der Waals surface area (Å²) in [7, 11) is 0. The van der Waals surface area contributed by atoms with Crippen LogP contribution in [0.2, 0.25) is 0 Å². The van der Waals surface area contributed by atoms with E-state index in [1.165, 1.54) is 77.0 Å². The van der Waals surface area contributed by atoms with E-state index in [9.17, 15) is 14.7 Å². The third-order valence-corrected chi connectivity index (χ3v) is 6.27. The topological polar surface area (TPSA) is 72.8 Å². The number of carbonyl (C=O) groups is 2. The largest absolute Gasteiger partial charge is 0.463 e. The molecule has 0 heterocycles. The van der Waals surface area contributed by atoms with Crippen LogP contribution in [0.15, 0.2) is 0 Å². The average molecular weight is 485 g/mol. The molecule has 0 unspecified atom stereocenters. The molecule has 202 valence electrons. The molecule has 0 amide bonds. The minimum absolute atomic E-state index is 0.110. The Bertz CT molecular complexity index is 463. The fourth-order valence-corrected chi connectivity index (χ4v) is 4.03. The molecule has 5 heteroatoms. The molecule has 0 aromatic rings. The first-order valence-electron chi connectivity index (χ1n) is 14.4. The van der Waals surface area contributed by atoms with Gasteiger partial charge in [-0.2, -0.15) is 0 Å². The van der Waals surface area contributed by atoms with Crippen LogP contribution in [0.4, 0.5) is 0 Å². The molecule has 34 heavy (non-hydrogen) atoms. The van der Waals surface area contributed by atoms with Crippen LogP contribution in [-0.4, -0.2) is 36.4 Å². The fraction of sp³-hybridized carbons (Fsp3) is 0.931. The molecule has 1 atom stereocenters. The van der Waals surface area contributed by atoms with Gasteiger partial charge in [-0.15, -0.1) is 0 Å². The molecule has 0 aliphatic heterocycles. The van der Waals surface area contributed by atoms with Crippen LogP contribution in [0.3, 0.4) is 0 Å². The number of aliphatic hydroxyl groups is 1. The Balaban J connectivity index is 3.44. The van der Waals surface area contributed by atoms with E-state index in [1.54, 1.807) is 0 Å². The number of carbonyl (C=O) groups excluding carboxylic acids is 2. The van der Waals surface area contributed by atoms with E-state index in [0.29, 0.717) is 12.8 Å². The third kappa shape index (κ3) is 25.5. The van der Waals surface area contributed by atoms with Gasteiger partial charge >= 0.3 is 11.9 Å². The number of aliphatic hydroxyl groups excluding tert-OH is 1. The molecule has 0 radical (unpaired) electrons. The van der Waals surface area contributed by atoms with Crippen molar-refractivity contribution in [2.75, 3.05) is 13.2 Å². The second-order valence-corrected chi connectivity index (χ2v) is 10.4. The molecule has 1 N–H and O–H groups in total. The standard InChI is InChI=1S/C29H56O5/c1-4-5-6-7-8-9-13-16-19-22-28(31)33-24-27(30)25-34-29(32)23-20-17-14-11-10-12-15-18-21-26(2)3/h26-27,30H,4-25H2,1-3H3/t27-/m1/s1. The Morgan fingerprint density at radius 2 is 0.941 bits per heavy atom. The van der Waals surface area contributed by atoms with Crippen LogP contribution in [0, 0.1) is 5.92 Å². The van der Waals surface area contributed by atoms with Gasteiger partial charge in [0, 0.05) is 12.8 Å². The highest BCUT2D eigenvalue weighted by atomic mass is 16.6. The van der Waals surface area contributed by atoms with Gasteiger partial charge in [0.25, 0.3) is 0 Å². The monoisotopic (exact) mass is 484 g/mol. The average Bonchev–Trinajstić information content (AvgIpc) is 2.81. The van der Waals surface area contributed by atoms with Gasteiger partial charge in [-0.3, -0.25) is 9.59 Å². The molecule has 0 aromatic heterocycles. The van der Waals surface area contributed by atoms with E-state index in [4.69, 9.17) is 9.47 Å². The Kier molecular flexibility index (Phi) is 24.2. The lowest BCUT2D eigenvalue weighted by atomic mass is 10.0. The molecule has 0 rings (SSSR count). The maximum absolute atomic E-state index is 11.8. The number of rotatable bonds is 25. The van der Waals surface area contributed by atoms with Crippen LogP contribution in [0.1, 0.15) is 149 Å². The lowest BCUT2D eigenvalue weighted by Gasteiger charge is -2.12. The summed E-state index contributed by atoms with van der Waals surface area (Å²) >= 11 is 0. The summed E-state index contributed by atoms with van der Waals surface area (Å²) in [5.41, 5.74) is 0. The van der Waals surface area contributed by atoms with Crippen molar-refractivity contribution >= 4 is 11.9 Å². The van der Waals surface area contributed by atoms with Crippen LogP contribution in [-0.2, 0) is 19.1 Å². The van der Waals surface area contributed by atoms with E-state index in [1.807, 2.05) is 0 Å². The molecule has 0 fully saturated rings. The normalized spacial score (nSPS) is 12.1. The summed E-state index contributed by atoms with van der Waals surface area (Å²) in [6.07, 6.45) is 21.5. The lowest BCUT2D eigenvalue weighted by Crippen LogP contribution is -2.25. The second kappa shape index (κ2) is 25.0. The Morgan fingerprint density at radius 1 is 0.588 bits per heavy atom. The van der Waals surface area contributed by atoms with E-state index in [-0.39, 0.29) is 25.2 Å². The van der Waals surface area contributed by atoms with Gasteiger partial charge in [0.1, 0.15) is 19.3 Å². The van der Waals surface area contributed by atoms with Crippen LogP contribution in [0.25, 0.3) is 0 Å². The predicted molar refractivity (Wildman–Crippen MR) is 141 cm³/mol. The van der Waals surface area contributed by atoms with Gasteiger partial charge in [-0.25, -0.2) is 0 Å². The highest BCUT2D eigenvalue weighted by molar-refractivity contribution is 5.69. The zero-order valence-corrected chi connectivity index (χ0v) is 22.8. The quantitative estimate of drug-likeness (QED) is 0.105. The lowest BCUT2D eigenvalue weighted by molar-refractivity contribution is -0.152. The van der Waals surface area contributed by atoms with E-state index >= 15 is 0 Å². The fourth-order valence-electron chi connectivity index (χ4n) is 4.03. The van der Waals surface area contributed by atoms with Crippen molar-refractivity contribution in [2.45, 2.75) is 155 Å². The number of esters is 2. The molecule has 0 aliphatic rings. The summed E-state index contributed by atoms with van der Waals surface area (Å²) in [6.45, 7) is 6.56. The third-order valence-electron chi connectivity index (χ3n) is 6.27. The zero-order chi connectivity index (χ0) is 25.3. The minimum Gasteiger partial charge on any atom is -0.463 e. The summed E-state index contributed by atoms with van der Waals surface area (Å²) < 4.78 is 10.2. The Morgan fingerprint density at radius 3 is 1.32 bits per heavy atom. The summed E-state index contributed by atoms with van der Waals surface area (Å²) in [5.74, 6) is 0.243. The first kappa shape index (κ1) is 32.9. The van der Waals surface area contributed by atoms with Crippen LogP contribution >= 0.6 is 0 Å². The maximum Gasteiger partial charge on any atom is 0.305 e. The molecule has 0 spiro atoms. The first-order chi connectivity index (χ1) is 16.5. The summed E-state index contributed by atoms with van der Waals surface area (Å²) in [6, 6.07) is 0. The molecule has 0 bridgehead atoms. The number of hydrogen-bond acceptors (Lipinski definition) is 5. The van der Waals surface area contributed by atoms with Crippen LogP contribution < -0.4 is 0 Å². The van der Waals surface area contributed by atoms with Crippen molar-refractivity contribution < 1.29 is 24.2 Å². The van der Waals surface area contributed by atoms with Crippen LogP contribution in [0.5, 0.6) is 0 Å². The van der Waals surface area contributed by atoms with Gasteiger partial charge < -0.3 is 14.6 Å². The van der Waals surface area contributed by atoms with Crippen molar-refractivity contribution in [1.29, 1.82) is 0 Å². The molecular formula is C29H56O5. The number of unbranched alkanes of at least 4 members (excludes halogenated alkanes) is 15. The molecule has 0 aromatic carbocycles. The zero-order valence-electron chi connectivity index (χ0n) is 22.8. The van der Waals surface area contributed by atoms with Gasteiger partial charge in [-0.1, -0.05) is 124 Å². The molecular weight excluding hydrogens is 428 g/mol. The number of ether oxygens (including phenoxy) is 2. The van der Waals surface area contributed by atoms with Gasteiger partial charge in [0.05, 0.1) is 0 Å². The van der Waals surface area contributed by atoms with Crippen molar-refractivity contribution in [3.63, 3.8) is 0 Å². The summed E-state index contributed by atoms with van der Waals surface area (Å²) in [5, 5.41) is 9.88. The van der Waals surface area contributed by atoms with Crippen molar-refractivity contribution in [3.05, 3.63) is 0 Å². The molecule has 5 nitrogen and oxygen atoms in total. The van der Waals surface area contributed by atoms with Gasteiger partial charge in [0.2, 0.25) is 0 Å². The number of hydrogen-bond donors (Lipinski definition) is 1. The van der Waals surface area contributed by atoms with Crippen molar-refractivity contribution in [2.24, 2.45) is 5.92 Å². The van der Waals surface area contributed by atoms with E-state index in [0.717, 1.165) is 44.4 Å². The first-order valence-corrected chi connectivity index (χ1v) is 14.4. The van der Waals surface area contributed by atoms with E-state index in [2.05, 4.69) is 20.8 Å². The Labute approximate surface area is 210 Å². The van der Waals surface area contributed by atoms with Gasteiger partial charge in [0.15, 0.2) is 0 Å². The van der Waals surface area contributed by atoms with Crippen molar-refractivity contribution in [3.8, 4) is 0 Å². The Hall–Kier alpha value is -1.10. The molecule has 0 aliphatic carbocycles. The smallest absolute Gasteiger partial charge is 0.305 e. The molecule has 0 saturated heterocycles. The molecule has 0 saturated carbocycles. The maximum atomic E-state index is 11.8. The van der Waals surface area contributed by atoms with Gasteiger partial charge in [-0.05, 0) is 18.8 Å². The van der Waals surface area contributed by atoms with E-state index < -0.39 is 6.10 Å². The minimum atomic E-state index is -0.952. The predicted octanol–water partition coefficient (Wildman–Crippen LogP) is 7.91. The highest BCUT2D eigenvalue weighted by Crippen LogP contribution is 2.13.